The van der Waals surface area contributed by atoms with Crippen LogP contribution in [0.15, 0.2) is 0 Å². The molecule has 0 radical (unpaired) electrons. The molecule has 1 fully saturated rings. The quantitative estimate of drug-likeness (QED) is 0.637. The number of carbonyl (C=O) groups excluding carboxylic acids is 1. The van der Waals surface area contributed by atoms with Gasteiger partial charge in [-0.15, -0.1) is 0 Å². The molecule has 0 aromatic heterocycles. The second-order valence-electron chi connectivity index (χ2n) is 3.54. The SMILES string of the molecule is CNC(=O)C1CC(C)OC(C)C1. The molecule has 3 heteroatoms. The summed E-state index contributed by atoms with van der Waals surface area (Å²) in [6.45, 7) is 4.04. The first-order valence-corrected chi connectivity index (χ1v) is 4.50. The first kappa shape index (κ1) is 9.52. The maximum absolute atomic E-state index is 11.3. The van der Waals surface area contributed by atoms with Crippen LogP contribution in [0, 0.1) is 5.92 Å². The molecule has 2 atom stereocenters. The number of hydrogen-bond acceptors (Lipinski definition) is 2. The van der Waals surface area contributed by atoms with E-state index in [2.05, 4.69) is 5.32 Å². The van der Waals surface area contributed by atoms with Gasteiger partial charge in [0.2, 0.25) is 5.91 Å². The van der Waals surface area contributed by atoms with Crippen LogP contribution in [-0.4, -0.2) is 25.2 Å². The molecular formula is C9H17NO2. The van der Waals surface area contributed by atoms with Crippen LogP contribution < -0.4 is 5.32 Å². The molecule has 1 aliphatic heterocycles. The van der Waals surface area contributed by atoms with Gasteiger partial charge >= 0.3 is 0 Å². The summed E-state index contributed by atoms with van der Waals surface area (Å²) in [4.78, 5) is 11.3. The molecule has 1 saturated heterocycles. The van der Waals surface area contributed by atoms with Crippen LogP contribution in [0.5, 0.6) is 0 Å². The Hall–Kier alpha value is -0.570. The first-order valence-electron chi connectivity index (χ1n) is 4.50. The van der Waals surface area contributed by atoms with Gasteiger partial charge in [-0.2, -0.15) is 0 Å². The zero-order valence-electron chi connectivity index (χ0n) is 7.96. The smallest absolute Gasteiger partial charge is 0.223 e. The number of carbonyl (C=O) groups is 1. The standard InChI is InChI=1S/C9H17NO2/c1-6-4-8(9(11)10-3)5-7(2)12-6/h6-8H,4-5H2,1-3H3,(H,10,11). The van der Waals surface area contributed by atoms with Crippen molar-refractivity contribution in [1.82, 2.24) is 5.32 Å². The van der Waals surface area contributed by atoms with Crippen LogP contribution in [0.4, 0.5) is 0 Å². The fourth-order valence-electron chi connectivity index (χ4n) is 1.82. The van der Waals surface area contributed by atoms with Crippen LogP contribution in [-0.2, 0) is 9.53 Å². The molecule has 70 valence electrons. The molecular weight excluding hydrogens is 154 g/mol. The number of ether oxygens (including phenoxy) is 1. The molecule has 1 aliphatic rings. The van der Waals surface area contributed by atoms with Crippen molar-refractivity contribution in [1.29, 1.82) is 0 Å². The summed E-state index contributed by atoms with van der Waals surface area (Å²) < 4.78 is 5.53. The van der Waals surface area contributed by atoms with Gasteiger partial charge < -0.3 is 10.1 Å². The lowest BCUT2D eigenvalue weighted by molar-refractivity contribution is -0.132. The van der Waals surface area contributed by atoms with Crippen LogP contribution >= 0.6 is 0 Å². The minimum atomic E-state index is 0.147. The highest BCUT2D eigenvalue weighted by molar-refractivity contribution is 5.78. The zero-order chi connectivity index (χ0) is 9.14. The molecule has 0 spiro atoms. The van der Waals surface area contributed by atoms with Crippen molar-refractivity contribution in [2.45, 2.75) is 38.9 Å². The predicted molar refractivity (Wildman–Crippen MR) is 46.8 cm³/mol. The van der Waals surface area contributed by atoms with Crippen molar-refractivity contribution < 1.29 is 9.53 Å². The molecule has 0 aromatic rings. The zero-order valence-corrected chi connectivity index (χ0v) is 7.96. The fourth-order valence-corrected chi connectivity index (χ4v) is 1.82. The average Bonchev–Trinajstić information content (AvgIpc) is 2.01. The third kappa shape index (κ3) is 2.21. The van der Waals surface area contributed by atoms with Crippen LogP contribution in [0.2, 0.25) is 0 Å². The highest BCUT2D eigenvalue weighted by Crippen LogP contribution is 2.24. The second-order valence-corrected chi connectivity index (χ2v) is 3.54. The molecule has 1 amide bonds. The second kappa shape index (κ2) is 3.90. The maximum Gasteiger partial charge on any atom is 0.223 e. The lowest BCUT2D eigenvalue weighted by atomic mass is 9.92. The summed E-state index contributed by atoms with van der Waals surface area (Å²) in [6, 6.07) is 0. The fraction of sp³-hybridized carbons (Fsp3) is 0.889. The third-order valence-electron chi connectivity index (χ3n) is 2.31. The largest absolute Gasteiger partial charge is 0.376 e. The van der Waals surface area contributed by atoms with E-state index in [1.54, 1.807) is 7.05 Å². The average molecular weight is 171 g/mol. The molecule has 0 saturated carbocycles. The molecule has 1 N–H and O–H groups in total. The molecule has 2 unspecified atom stereocenters. The summed E-state index contributed by atoms with van der Waals surface area (Å²) in [5, 5.41) is 2.68. The van der Waals surface area contributed by atoms with E-state index >= 15 is 0 Å². The predicted octanol–water partition coefficient (Wildman–Crippen LogP) is 0.936. The highest BCUT2D eigenvalue weighted by Gasteiger charge is 2.28. The molecule has 0 aliphatic carbocycles. The molecule has 0 bridgehead atoms. The van der Waals surface area contributed by atoms with Crippen molar-refractivity contribution in [3.05, 3.63) is 0 Å². The minimum Gasteiger partial charge on any atom is -0.376 e. The summed E-state index contributed by atoms with van der Waals surface area (Å²) in [6.07, 6.45) is 2.14. The van der Waals surface area contributed by atoms with Gasteiger partial charge in [-0.3, -0.25) is 4.79 Å². The van der Waals surface area contributed by atoms with Crippen molar-refractivity contribution in [3.63, 3.8) is 0 Å². The van der Waals surface area contributed by atoms with Gasteiger partial charge in [-0.05, 0) is 26.7 Å². The van der Waals surface area contributed by atoms with Crippen molar-refractivity contribution >= 4 is 5.91 Å². The molecule has 0 aromatic carbocycles. The van der Waals surface area contributed by atoms with E-state index in [4.69, 9.17) is 4.74 Å². The maximum atomic E-state index is 11.3. The van der Waals surface area contributed by atoms with Gasteiger partial charge in [0, 0.05) is 13.0 Å². The van der Waals surface area contributed by atoms with E-state index in [0.29, 0.717) is 0 Å². The summed E-state index contributed by atoms with van der Waals surface area (Å²) in [7, 11) is 1.69. The summed E-state index contributed by atoms with van der Waals surface area (Å²) in [5.74, 6) is 0.297. The third-order valence-corrected chi connectivity index (χ3v) is 2.31. The Balaban J connectivity index is 2.49. The van der Waals surface area contributed by atoms with Gasteiger partial charge in [-0.1, -0.05) is 0 Å². The highest BCUT2D eigenvalue weighted by atomic mass is 16.5. The summed E-state index contributed by atoms with van der Waals surface area (Å²) >= 11 is 0. The first-order chi connectivity index (χ1) is 5.63. The van der Waals surface area contributed by atoms with E-state index in [1.807, 2.05) is 13.8 Å². The Kier molecular flexibility index (Phi) is 3.09. The van der Waals surface area contributed by atoms with Gasteiger partial charge in [0.25, 0.3) is 0 Å². The Morgan fingerprint density at radius 1 is 1.33 bits per heavy atom. The van der Waals surface area contributed by atoms with Crippen LogP contribution in [0.25, 0.3) is 0 Å². The molecule has 12 heavy (non-hydrogen) atoms. The number of rotatable bonds is 1. The summed E-state index contributed by atoms with van der Waals surface area (Å²) in [5.41, 5.74) is 0. The van der Waals surface area contributed by atoms with E-state index < -0.39 is 0 Å². The Morgan fingerprint density at radius 3 is 2.25 bits per heavy atom. The van der Waals surface area contributed by atoms with Gasteiger partial charge in [-0.25, -0.2) is 0 Å². The Bertz CT molecular complexity index is 160. The van der Waals surface area contributed by atoms with Gasteiger partial charge in [0.15, 0.2) is 0 Å². The van der Waals surface area contributed by atoms with Gasteiger partial charge in [0.1, 0.15) is 0 Å². The number of amides is 1. The lowest BCUT2D eigenvalue weighted by Gasteiger charge is -2.30. The van der Waals surface area contributed by atoms with Crippen molar-refractivity contribution in [2.24, 2.45) is 5.92 Å². The van der Waals surface area contributed by atoms with Crippen LogP contribution in [0.1, 0.15) is 26.7 Å². The number of hydrogen-bond donors (Lipinski definition) is 1. The van der Waals surface area contributed by atoms with E-state index in [9.17, 15) is 4.79 Å². The monoisotopic (exact) mass is 171 g/mol. The lowest BCUT2D eigenvalue weighted by Crippen LogP contribution is -2.37. The van der Waals surface area contributed by atoms with E-state index in [0.717, 1.165) is 12.8 Å². The van der Waals surface area contributed by atoms with Crippen molar-refractivity contribution in [3.8, 4) is 0 Å². The normalized spacial score (nSPS) is 36.1. The van der Waals surface area contributed by atoms with Crippen molar-refractivity contribution in [2.75, 3.05) is 7.05 Å². The molecule has 1 heterocycles. The van der Waals surface area contributed by atoms with Crippen LogP contribution in [0.3, 0.4) is 0 Å². The van der Waals surface area contributed by atoms with Gasteiger partial charge in [0.05, 0.1) is 12.2 Å². The number of nitrogens with one attached hydrogen (secondary N) is 1. The topological polar surface area (TPSA) is 38.3 Å². The Labute approximate surface area is 73.5 Å². The molecule has 1 rings (SSSR count). The minimum absolute atomic E-state index is 0.147. The van der Waals surface area contributed by atoms with E-state index in [1.165, 1.54) is 0 Å². The van der Waals surface area contributed by atoms with E-state index in [-0.39, 0.29) is 24.0 Å². The Morgan fingerprint density at radius 2 is 1.83 bits per heavy atom. The molecule has 3 nitrogen and oxygen atoms in total.